The Balaban J connectivity index is 0.00000118. The van der Waals surface area contributed by atoms with Crippen LogP contribution in [0.25, 0.3) is 0 Å². The molecule has 0 spiro atoms. The molecule has 13 nitrogen and oxygen atoms in total. The Kier molecular flexibility index (Phi) is 10.5. The number of benzene rings is 1. The molecule has 2 aliphatic rings. The molecule has 256 valence electrons. The van der Waals surface area contributed by atoms with Crippen molar-refractivity contribution in [3.05, 3.63) is 58.0 Å². The van der Waals surface area contributed by atoms with Crippen molar-refractivity contribution >= 4 is 23.5 Å². The summed E-state index contributed by atoms with van der Waals surface area (Å²) >= 11 is 0. The van der Waals surface area contributed by atoms with Gasteiger partial charge < -0.3 is 44.4 Å². The fourth-order valence-corrected chi connectivity index (χ4v) is 6.00. The van der Waals surface area contributed by atoms with Crippen molar-refractivity contribution in [1.82, 2.24) is 14.9 Å². The van der Waals surface area contributed by atoms with Crippen LogP contribution < -0.4 is 20.1 Å². The number of aromatic nitrogens is 2. The number of ether oxygens (including phenoxy) is 3. The second-order valence-corrected chi connectivity index (χ2v) is 13.2. The number of hydrogen-bond donors (Lipinski definition) is 4. The number of amides is 1. The van der Waals surface area contributed by atoms with Crippen molar-refractivity contribution in [1.29, 1.82) is 0 Å². The molecule has 13 heteroatoms. The third-order valence-electron chi connectivity index (χ3n) is 8.49. The van der Waals surface area contributed by atoms with Crippen LogP contribution in [0.4, 0.5) is 11.6 Å². The Hall–Kier alpha value is -4.20. The van der Waals surface area contributed by atoms with Crippen molar-refractivity contribution in [3.63, 3.8) is 0 Å². The fraction of sp³-hybridized carbons (Fsp3) is 0.529. The number of aryl methyl sites for hydroxylation is 1. The fourth-order valence-electron chi connectivity index (χ4n) is 6.00. The van der Waals surface area contributed by atoms with Crippen LogP contribution in [-0.4, -0.2) is 83.5 Å². The van der Waals surface area contributed by atoms with E-state index in [4.69, 9.17) is 28.5 Å². The zero-order valence-corrected chi connectivity index (χ0v) is 28.7. The molecule has 5 rings (SSSR count). The molecule has 1 fully saturated rings. The number of aliphatic carboxylic acids is 1. The van der Waals surface area contributed by atoms with E-state index in [2.05, 4.69) is 72.3 Å². The number of fused-ring (bicyclic) bond motifs is 1. The maximum Gasteiger partial charge on any atom is 0.300 e. The molecule has 0 aliphatic carbocycles. The zero-order valence-electron chi connectivity index (χ0n) is 28.7. The van der Waals surface area contributed by atoms with Gasteiger partial charge in [0.15, 0.2) is 11.4 Å². The molecule has 0 unspecified atom stereocenters. The first-order valence-corrected chi connectivity index (χ1v) is 15.6. The van der Waals surface area contributed by atoms with E-state index in [1.165, 1.54) is 25.3 Å². The van der Waals surface area contributed by atoms with Crippen LogP contribution in [0.3, 0.4) is 0 Å². The van der Waals surface area contributed by atoms with Crippen molar-refractivity contribution < 1.29 is 38.4 Å². The van der Waals surface area contributed by atoms with Crippen molar-refractivity contribution in [3.8, 4) is 11.8 Å². The van der Waals surface area contributed by atoms with Crippen LogP contribution in [0.15, 0.2) is 28.7 Å². The van der Waals surface area contributed by atoms with Gasteiger partial charge in [0.1, 0.15) is 5.76 Å². The number of carbonyl (C=O) groups is 2. The van der Waals surface area contributed by atoms with Gasteiger partial charge in [-0.2, -0.15) is 9.97 Å². The van der Waals surface area contributed by atoms with E-state index >= 15 is 0 Å². The van der Waals surface area contributed by atoms with E-state index in [0.29, 0.717) is 25.0 Å². The van der Waals surface area contributed by atoms with E-state index in [1.807, 2.05) is 7.05 Å². The molecule has 1 aromatic carbocycles. The Labute approximate surface area is 275 Å². The SMILES string of the molecule is CC(=O)O.COc1nc(NCC2(O)CCN(C)CC2)nc(OC)c1NC(=O)c1ccc(Cc2cc3c(cc2C)C(C)(C)OC3(C)C)o1. The van der Waals surface area contributed by atoms with Gasteiger partial charge in [0.05, 0.1) is 31.0 Å². The number of nitrogens with one attached hydrogen (secondary N) is 2. The molecule has 4 N–H and O–H groups in total. The highest BCUT2D eigenvalue weighted by Gasteiger charge is 2.43. The lowest BCUT2D eigenvalue weighted by Gasteiger charge is -2.36. The molecule has 0 radical (unpaired) electrons. The molecule has 0 bridgehead atoms. The summed E-state index contributed by atoms with van der Waals surface area (Å²) in [6, 6.07) is 7.83. The molecule has 3 aromatic rings. The number of hydrogen-bond acceptors (Lipinski definition) is 11. The highest BCUT2D eigenvalue weighted by atomic mass is 16.5. The summed E-state index contributed by atoms with van der Waals surface area (Å²) in [6.07, 6.45) is 1.81. The first-order chi connectivity index (χ1) is 22.0. The summed E-state index contributed by atoms with van der Waals surface area (Å²) in [6.45, 7) is 13.4. The molecule has 1 saturated heterocycles. The second-order valence-electron chi connectivity index (χ2n) is 13.2. The number of piperidine rings is 1. The highest BCUT2D eigenvalue weighted by molar-refractivity contribution is 6.03. The monoisotopic (exact) mass is 653 g/mol. The van der Waals surface area contributed by atoms with Crippen LogP contribution >= 0.6 is 0 Å². The third kappa shape index (κ3) is 8.40. The van der Waals surface area contributed by atoms with Crippen LogP contribution in [0.1, 0.15) is 86.0 Å². The minimum atomic E-state index is -0.862. The number of carboxylic acid groups (broad SMARTS) is 1. The quantitative estimate of drug-likeness (QED) is 0.252. The zero-order chi connectivity index (χ0) is 34.7. The van der Waals surface area contributed by atoms with Gasteiger partial charge in [0.2, 0.25) is 17.7 Å². The van der Waals surface area contributed by atoms with Crippen LogP contribution in [0.5, 0.6) is 11.8 Å². The Morgan fingerprint density at radius 2 is 1.55 bits per heavy atom. The number of carbonyl (C=O) groups excluding carboxylic acids is 1. The molecular formula is C34H47N5O8. The minimum absolute atomic E-state index is 0.117. The number of methoxy groups -OCH3 is 2. The van der Waals surface area contributed by atoms with Crippen molar-refractivity contribution in [2.45, 2.75) is 77.6 Å². The van der Waals surface area contributed by atoms with E-state index in [9.17, 15) is 9.90 Å². The van der Waals surface area contributed by atoms with Gasteiger partial charge in [-0.15, -0.1) is 0 Å². The number of furan rings is 1. The van der Waals surface area contributed by atoms with Gasteiger partial charge in [-0.1, -0.05) is 12.1 Å². The molecule has 0 atom stereocenters. The first-order valence-electron chi connectivity index (χ1n) is 15.6. The second kappa shape index (κ2) is 13.9. The lowest BCUT2D eigenvalue weighted by Crippen LogP contribution is -2.47. The molecule has 2 aliphatic heterocycles. The van der Waals surface area contributed by atoms with Gasteiger partial charge in [-0.3, -0.25) is 9.59 Å². The lowest BCUT2D eigenvalue weighted by atomic mass is 9.86. The standard InChI is InChI=1S/C32H43N5O6.C2H4O2/c1-19-15-22-23(31(4,5)43-30(22,2)3)17-20(19)16-21-9-10-24(42-21)26(38)34-25-27(40-7)35-29(36-28(25)41-8)33-18-32(39)11-13-37(6)14-12-32;1-2(3)4/h9-10,15,17,39H,11-14,16,18H2,1-8H3,(H,34,38)(H,33,35,36);1H3,(H,3,4). The summed E-state index contributed by atoms with van der Waals surface area (Å²) in [5, 5.41) is 24.2. The number of carboxylic acids is 1. The average Bonchev–Trinajstić information content (AvgIpc) is 3.53. The largest absolute Gasteiger partial charge is 0.481 e. The van der Waals surface area contributed by atoms with E-state index in [1.54, 1.807) is 12.1 Å². The van der Waals surface area contributed by atoms with E-state index in [0.717, 1.165) is 31.1 Å². The maximum atomic E-state index is 13.2. The van der Waals surface area contributed by atoms with Crippen LogP contribution in [0, 0.1) is 6.92 Å². The predicted octanol–water partition coefficient (Wildman–Crippen LogP) is 4.70. The number of likely N-dealkylation sites (tertiary alicyclic amines) is 1. The van der Waals surface area contributed by atoms with E-state index < -0.39 is 23.1 Å². The van der Waals surface area contributed by atoms with Crippen molar-refractivity contribution in [2.75, 3.05) is 51.5 Å². The predicted molar refractivity (Wildman–Crippen MR) is 176 cm³/mol. The summed E-state index contributed by atoms with van der Waals surface area (Å²) in [5.74, 6) is -0.0753. The molecule has 2 aromatic heterocycles. The van der Waals surface area contributed by atoms with Crippen LogP contribution in [0.2, 0.25) is 0 Å². The minimum Gasteiger partial charge on any atom is -0.481 e. The number of anilines is 2. The Morgan fingerprint density at radius 3 is 2.11 bits per heavy atom. The molecule has 1 amide bonds. The third-order valence-corrected chi connectivity index (χ3v) is 8.49. The van der Waals surface area contributed by atoms with Crippen LogP contribution in [-0.2, 0) is 27.2 Å². The number of aliphatic hydroxyl groups is 1. The van der Waals surface area contributed by atoms with Gasteiger partial charge in [0, 0.05) is 33.0 Å². The van der Waals surface area contributed by atoms with Gasteiger partial charge >= 0.3 is 0 Å². The van der Waals surface area contributed by atoms with Gasteiger partial charge in [-0.25, -0.2) is 0 Å². The van der Waals surface area contributed by atoms with Gasteiger partial charge in [-0.05, 0) is 88.9 Å². The average molecular weight is 654 g/mol. The van der Waals surface area contributed by atoms with Crippen molar-refractivity contribution in [2.24, 2.45) is 0 Å². The molecule has 47 heavy (non-hydrogen) atoms. The summed E-state index contributed by atoms with van der Waals surface area (Å²) in [4.78, 5) is 33.2. The molecule has 0 saturated carbocycles. The normalized spacial score (nSPS) is 17.6. The van der Waals surface area contributed by atoms with Gasteiger partial charge in [0.25, 0.3) is 11.9 Å². The summed E-state index contributed by atoms with van der Waals surface area (Å²) < 4.78 is 23.2. The Morgan fingerprint density at radius 1 is 1.00 bits per heavy atom. The Bertz CT molecular complexity index is 1580. The summed E-state index contributed by atoms with van der Waals surface area (Å²) in [5.41, 5.74) is 3.18. The first kappa shape index (κ1) is 35.7. The molecular weight excluding hydrogens is 606 g/mol. The smallest absolute Gasteiger partial charge is 0.300 e. The maximum absolute atomic E-state index is 13.2. The highest BCUT2D eigenvalue weighted by Crippen LogP contribution is 2.47. The lowest BCUT2D eigenvalue weighted by molar-refractivity contribution is -0.134. The summed E-state index contributed by atoms with van der Waals surface area (Å²) in [7, 11) is 4.93. The number of nitrogens with zero attached hydrogens (tertiary/aromatic N) is 3. The topological polar surface area (TPSA) is 169 Å². The molecule has 4 heterocycles. The van der Waals surface area contributed by atoms with E-state index in [-0.39, 0.29) is 41.3 Å². The number of rotatable bonds is 9.